The Hall–Kier alpha value is -1.92. The van der Waals surface area contributed by atoms with Gasteiger partial charge in [0.05, 0.1) is 0 Å². The predicted octanol–water partition coefficient (Wildman–Crippen LogP) is 1.89. The number of aromatic nitrogens is 2. The van der Waals surface area contributed by atoms with Gasteiger partial charge >= 0.3 is 5.82 Å². The number of hydrogen-bond donors (Lipinski definition) is 0. The van der Waals surface area contributed by atoms with Crippen LogP contribution in [0.3, 0.4) is 0 Å². The number of likely N-dealkylation sites (tertiary alicyclic amines) is 1. The summed E-state index contributed by atoms with van der Waals surface area (Å²) in [5, 5.41) is 10.7. The molecule has 0 radical (unpaired) electrons. The third-order valence-electron chi connectivity index (χ3n) is 3.87. The molecular weight excluding hydrogens is 260 g/mol. The van der Waals surface area contributed by atoms with Crippen molar-refractivity contribution >= 4 is 11.7 Å². The first-order chi connectivity index (χ1) is 9.52. The molecule has 1 amide bonds. The van der Waals surface area contributed by atoms with Gasteiger partial charge in [0.2, 0.25) is 11.7 Å². The van der Waals surface area contributed by atoms with Crippen LogP contribution in [0.1, 0.15) is 38.4 Å². The van der Waals surface area contributed by atoms with Crippen molar-refractivity contribution in [3.05, 3.63) is 22.1 Å². The minimum Gasteiger partial charge on any atom is -0.358 e. The average molecular weight is 280 g/mol. The van der Waals surface area contributed by atoms with E-state index in [4.69, 9.17) is 0 Å². The molecule has 110 valence electrons. The van der Waals surface area contributed by atoms with Crippen molar-refractivity contribution in [3.8, 4) is 0 Å². The Morgan fingerprint density at radius 3 is 2.90 bits per heavy atom. The van der Waals surface area contributed by atoms with Gasteiger partial charge in [-0.1, -0.05) is 6.92 Å². The molecule has 1 aromatic heterocycles. The average Bonchev–Trinajstić information content (AvgIpc) is 2.80. The van der Waals surface area contributed by atoms with Gasteiger partial charge in [-0.25, -0.2) is 0 Å². The molecule has 1 aliphatic heterocycles. The Kier molecular flexibility index (Phi) is 4.36. The van der Waals surface area contributed by atoms with Crippen molar-refractivity contribution < 1.29 is 9.72 Å². The molecule has 0 bridgehead atoms. The highest BCUT2D eigenvalue weighted by Gasteiger charge is 2.26. The maximum absolute atomic E-state index is 12.4. The molecule has 7 nitrogen and oxygen atoms in total. The van der Waals surface area contributed by atoms with Crippen LogP contribution < -0.4 is 0 Å². The van der Waals surface area contributed by atoms with Crippen LogP contribution in [0.4, 0.5) is 5.82 Å². The van der Waals surface area contributed by atoms with Crippen molar-refractivity contribution in [1.29, 1.82) is 0 Å². The quantitative estimate of drug-likeness (QED) is 0.623. The molecule has 0 N–H and O–H groups in total. The highest BCUT2D eigenvalue weighted by atomic mass is 16.6. The first-order valence-electron chi connectivity index (χ1n) is 7.00. The van der Waals surface area contributed by atoms with Gasteiger partial charge in [-0.3, -0.25) is 9.36 Å². The summed E-state index contributed by atoms with van der Waals surface area (Å²) < 4.78 is 1.56. The second kappa shape index (κ2) is 6.02. The van der Waals surface area contributed by atoms with Crippen LogP contribution in [-0.4, -0.2) is 37.9 Å². The highest BCUT2D eigenvalue weighted by Crippen LogP contribution is 2.20. The van der Waals surface area contributed by atoms with Crippen molar-refractivity contribution in [2.24, 2.45) is 0 Å². The smallest absolute Gasteiger partial charge is 0.358 e. The minimum absolute atomic E-state index is 0.0203. The molecule has 7 heteroatoms. The lowest BCUT2D eigenvalue weighted by atomic mass is 10.00. The second-order valence-corrected chi connectivity index (χ2v) is 5.18. The molecule has 2 heterocycles. The van der Waals surface area contributed by atoms with Gasteiger partial charge in [0.25, 0.3) is 0 Å². The lowest BCUT2D eigenvalue weighted by Gasteiger charge is -2.35. The molecule has 0 saturated carbocycles. The largest absolute Gasteiger partial charge is 0.381 e. The zero-order valence-electron chi connectivity index (χ0n) is 11.9. The summed E-state index contributed by atoms with van der Waals surface area (Å²) in [5.74, 6) is 0.308. The van der Waals surface area contributed by atoms with Crippen LogP contribution in [0, 0.1) is 17.0 Å². The van der Waals surface area contributed by atoms with Crippen molar-refractivity contribution in [2.75, 3.05) is 6.54 Å². The molecule has 0 spiro atoms. The molecule has 0 aromatic carbocycles. The summed E-state index contributed by atoms with van der Waals surface area (Å²) in [6.45, 7) is 4.67. The molecule has 20 heavy (non-hydrogen) atoms. The van der Waals surface area contributed by atoms with Crippen LogP contribution >= 0.6 is 0 Å². The monoisotopic (exact) mass is 280 g/mol. The number of carbonyl (C=O) groups excluding carboxylic acids is 1. The second-order valence-electron chi connectivity index (χ2n) is 5.18. The normalized spacial score (nSPS) is 19.1. The van der Waals surface area contributed by atoms with Crippen LogP contribution in [0.2, 0.25) is 0 Å². The van der Waals surface area contributed by atoms with Gasteiger partial charge < -0.3 is 15.0 Å². The number of hydrogen-bond acceptors (Lipinski definition) is 4. The molecule has 1 atom stereocenters. The number of rotatable bonds is 4. The topological polar surface area (TPSA) is 81.3 Å². The van der Waals surface area contributed by atoms with E-state index in [1.54, 1.807) is 11.5 Å². The highest BCUT2D eigenvalue weighted by molar-refractivity contribution is 5.76. The summed E-state index contributed by atoms with van der Waals surface area (Å²) in [6.07, 6.45) is 5.53. The summed E-state index contributed by atoms with van der Waals surface area (Å²) in [7, 11) is 0. The van der Waals surface area contributed by atoms with E-state index in [9.17, 15) is 14.9 Å². The van der Waals surface area contributed by atoms with Crippen molar-refractivity contribution in [2.45, 2.75) is 52.1 Å². The van der Waals surface area contributed by atoms with E-state index in [2.05, 4.69) is 11.9 Å². The van der Waals surface area contributed by atoms with E-state index >= 15 is 0 Å². The van der Waals surface area contributed by atoms with Gasteiger partial charge in [-0.15, -0.1) is 0 Å². The van der Waals surface area contributed by atoms with E-state index in [-0.39, 0.29) is 18.3 Å². The van der Waals surface area contributed by atoms with Crippen molar-refractivity contribution in [3.63, 3.8) is 0 Å². The van der Waals surface area contributed by atoms with Gasteiger partial charge in [-0.05, 0) is 35.6 Å². The van der Waals surface area contributed by atoms with E-state index in [1.807, 2.05) is 4.90 Å². The first kappa shape index (κ1) is 14.5. The summed E-state index contributed by atoms with van der Waals surface area (Å²) in [5.41, 5.74) is 0. The maximum atomic E-state index is 12.4. The molecular formula is C13H20N4O3. The fourth-order valence-corrected chi connectivity index (χ4v) is 2.73. The Morgan fingerprint density at radius 1 is 1.55 bits per heavy atom. The molecule has 0 unspecified atom stereocenters. The number of nitrogens with zero attached hydrogens (tertiary/aromatic N) is 4. The van der Waals surface area contributed by atoms with E-state index in [1.165, 1.54) is 6.20 Å². The van der Waals surface area contributed by atoms with Crippen LogP contribution in [0.5, 0.6) is 0 Å². The number of imidazole rings is 1. The molecule has 1 fully saturated rings. The fraction of sp³-hybridized carbons (Fsp3) is 0.692. The maximum Gasteiger partial charge on any atom is 0.381 e. The lowest BCUT2D eigenvalue weighted by Crippen LogP contribution is -2.44. The fourth-order valence-electron chi connectivity index (χ4n) is 2.73. The zero-order chi connectivity index (χ0) is 14.7. The zero-order valence-corrected chi connectivity index (χ0v) is 11.9. The van der Waals surface area contributed by atoms with Gasteiger partial charge in [0.1, 0.15) is 12.7 Å². The number of amides is 1. The van der Waals surface area contributed by atoms with Gasteiger partial charge in [0, 0.05) is 19.5 Å². The van der Waals surface area contributed by atoms with Crippen LogP contribution in [0.25, 0.3) is 0 Å². The van der Waals surface area contributed by atoms with Crippen LogP contribution in [0.15, 0.2) is 6.20 Å². The molecule has 1 saturated heterocycles. The van der Waals surface area contributed by atoms with Gasteiger partial charge in [-0.2, -0.15) is 0 Å². The lowest BCUT2D eigenvalue weighted by molar-refractivity contribution is -0.389. The number of aryl methyl sites for hydroxylation is 1. The summed E-state index contributed by atoms with van der Waals surface area (Å²) in [4.78, 5) is 28.3. The third-order valence-corrected chi connectivity index (χ3v) is 3.87. The molecule has 2 rings (SSSR count). The van der Waals surface area contributed by atoms with Crippen LogP contribution in [-0.2, 0) is 11.3 Å². The van der Waals surface area contributed by atoms with E-state index in [0.29, 0.717) is 11.9 Å². The Balaban J connectivity index is 2.08. The Labute approximate surface area is 117 Å². The minimum atomic E-state index is -0.538. The Morgan fingerprint density at radius 2 is 2.30 bits per heavy atom. The molecule has 0 aliphatic carbocycles. The SMILES string of the molecule is CC[C@@H]1CCCCN1C(=O)Cn1cc([N+](=O)[O-])nc1C. The standard InChI is InChI=1S/C13H20N4O3/c1-3-11-6-4-5-7-16(11)13(18)9-15-8-12(17(19)20)14-10(15)2/h8,11H,3-7,9H2,1-2H3/t11-/m1/s1. The number of piperidine rings is 1. The Bertz CT molecular complexity index is 512. The summed E-state index contributed by atoms with van der Waals surface area (Å²) >= 11 is 0. The third kappa shape index (κ3) is 2.97. The molecule has 1 aromatic rings. The van der Waals surface area contributed by atoms with E-state index < -0.39 is 4.92 Å². The predicted molar refractivity (Wildman–Crippen MR) is 73.3 cm³/mol. The number of nitro groups is 1. The first-order valence-corrected chi connectivity index (χ1v) is 7.00. The van der Waals surface area contributed by atoms with Crippen molar-refractivity contribution in [1.82, 2.24) is 14.5 Å². The molecule has 1 aliphatic rings. The number of carbonyl (C=O) groups is 1. The van der Waals surface area contributed by atoms with Gasteiger partial charge in [0.15, 0.2) is 0 Å². The summed E-state index contributed by atoms with van der Waals surface area (Å²) in [6, 6.07) is 0.301. The van der Waals surface area contributed by atoms with E-state index in [0.717, 1.165) is 32.2 Å².